The highest BCUT2D eigenvalue weighted by molar-refractivity contribution is 7.15. The summed E-state index contributed by atoms with van der Waals surface area (Å²) in [7, 11) is 0. The molecule has 1 aromatic carbocycles. The average Bonchev–Trinajstić information content (AvgIpc) is 3.51. The molecule has 30 heavy (non-hydrogen) atoms. The van der Waals surface area contributed by atoms with Crippen LogP contribution in [0.15, 0.2) is 48.7 Å². The second-order valence-corrected chi connectivity index (χ2v) is 8.88. The Bertz CT molecular complexity index is 1130. The fraction of sp³-hybridized carbons (Fsp3) is 0.304. The molecule has 0 saturated carbocycles. The van der Waals surface area contributed by atoms with Gasteiger partial charge in [-0.05, 0) is 75.3 Å². The van der Waals surface area contributed by atoms with Gasteiger partial charge in [-0.15, -0.1) is 11.3 Å². The Kier molecular flexibility index (Phi) is 5.38. The molecule has 4 heterocycles. The third-order valence-electron chi connectivity index (χ3n) is 5.37. The standard InChI is InChI=1S/C23H25N5OS/c1-16-4-9-20(30-16)21-19-10-11-24-22(19)27-23(26-21)25-17-5-7-18(8-6-17)29-15-14-28-12-2-3-13-28/h4-11H,2-3,12-15H2,1H3,(H2,24,25,26,27). The zero-order valence-electron chi connectivity index (χ0n) is 17.0. The van der Waals surface area contributed by atoms with Gasteiger partial charge in [0.15, 0.2) is 0 Å². The molecule has 0 spiro atoms. The van der Waals surface area contributed by atoms with E-state index >= 15 is 0 Å². The molecule has 1 aliphatic rings. The van der Waals surface area contributed by atoms with Gasteiger partial charge in [0.2, 0.25) is 5.95 Å². The first-order valence-electron chi connectivity index (χ1n) is 10.4. The number of likely N-dealkylation sites (tertiary alicyclic amines) is 1. The number of thiophene rings is 1. The minimum Gasteiger partial charge on any atom is -0.492 e. The zero-order chi connectivity index (χ0) is 20.3. The van der Waals surface area contributed by atoms with Crippen molar-refractivity contribution in [2.24, 2.45) is 0 Å². The Morgan fingerprint density at radius 3 is 2.67 bits per heavy atom. The number of nitrogens with zero attached hydrogens (tertiary/aromatic N) is 3. The summed E-state index contributed by atoms with van der Waals surface area (Å²) < 4.78 is 5.90. The minimum atomic E-state index is 0.578. The summed E-state index contributed by atoms with van der Waals surface area (Å²) in [4.78, 5) is 17.5. The van der Waals surface area contributed by atoms with Crippen molar-refractivity contribution in [3.63, 3.8) is 0 Å². The van der Waals surface area contributed by atoms with Gasteiger partial charge >= 0.3 is 0 Å². The molecule has 0 bridgehead atoms. The molecule has 0 radical (unpaired) electrons. The van der Waals surface area contributed by atoms with Crippen molar-refractivity contribution >= 4 is 34.0 Å². The molecule has 5 rings (SSSR count). The van der Waals surface area contributed by atoms with E-state index in [-0.39, 0.29) is 0 Å². The van der Waals surface area contributed by atoms with Crippen LogP contribution >= 0.6 is 11.3 Å². The lowest BCUT2D eigenvalue weighted by molar-refractivity contribution is 0.238. The van der Waals surface area contributed by atoms with E-state index in [0.29, 0.717) is 5.95 Å². The van der Waals surface area contributed by atoms with Gasteiger partial charge in [-0.25, -0.2) is 4.98 Å². The van der Waals surface area contributed by atoms with E-state index < -0.39 is 0 Å². The molecule has 0 atom stereocenters. The number of nitrogens with one attached hydrogen (secondary N) is 2. The van der Waals surface area contributed by atoms with Crippen LogP contribution in [0.25, 0.3) is 21.6 Å². The summed E-state index contributed by atoms with van der Waals surface area (Å²) in [5, 5.41) is 4.36. The normalized spacial score (nSPS) is 14.4. The van der Waals surface area contributed by atoms with Gasteiger partial charge < -0.3 is 15.0 Å². The van der Waals surface area contributed by atoms with Crippen LogP contribution in [-0.4, -0.2) is 46.1 Å². The maximum atomic E-state index is 5.90. The van der Waals surface area contributed by atoms with Crippen molar-refractivity contribution in [1.29, 1.82) is 0 Å². The number of rotatable bonds is 7. The highest BCUT2D eigenvalue weighted by atomic mass is 32.1. The van der Waals surface area contributed by atoms with E-state index in [1.807, 2.05) is 36.5 Å². The van der Waals surface area contributed by atoms with Gasteiger partial charge in [-0.2, -0.15) is 4.98 Å². The SMILES string of the molecule is Cc1ccc(-c2nc(Nc3ccc(OCCN4CCCC4)cc3)nc3[nH]ccc23)s1. The molecule has 1 fully saturated rings. The predicted octanol–water partition coefficient (Wildman–Crippen LogP) is 5.21. The topological polar surface area (TPSA) is 66.1 Å². The highest BCUT2D eigenvalue weighted by Crippen LogP contribution is 2.32. The summed E-state index contributed by atoms with van der Waals surface area (Å²) in [5.74, 6) is 1.46. The lowest BCUT2D eigenvalue weighted by Gasteiger charge is -2.15. The van der Waals surface area contributed by atoms with Crippen LogP contribution in [0.4, 0.5) is 11.6 Å². The fourth-order valence-electron chi connectivity index (χ4n) is 3.81. The van der Waals surface area contributed by atoms with Gasteiger partial charge in [0.1, 0.15) is 18.0 Å². The maximum Gasteiger partial charge on any atom is 0.229 e. The lowest BCUT2D eigenvalue weighted by Crippen LogP contribution is -2.25. The molecule has 0 aliphatic carbocycles. The van der Waals surface area contributed by atoms with Crippen LogP contribution in [0, 0.1) is 6.92 Å². The molecule has 1 saturated heterocycles. The molecular weight excluding hydrogens is 394 g/mol. The Morgan fingerprint density at radius 1 is 1.07 bits per heavy atom. The first-order chi connectivity index (χ1) is 14.7. The molecular formula is C23H25N5OS. The summed E-state index contributed by atoms with van der Waals surface area (Å²) in [6.45, 7) is 6.23. The van der Waals surface area contributed by atoms with Gasteiger partial charge in [0.25, 0.3) is 0 Å². The second kappa shape index (κ2) is 8.45. The number of ether oxygens (including phenoxy) is 1. The fourth-order valence-corrected chi connectivity index (χ4v) is 4.68. The van der Waals surface area contributed by atoms with Crippen LogP contribution in [0.5, 0.6) is 5.75 Å². The number of fused-ring (bicyclic) bond motifs is 1. The number of hydrogen-bond donors (Lipinski definition) is 2. The molecule has 2 N–H and O–H groups in total. The Balaban J connectivity index is 1.29. The Hall–Kier alpha value is -2.90. The third-order valence-corrected chi connectivity index (χ3v) is 6.38. The van der Waals surface area contributed by atoms with E-state index in [1.54, 1.807) is 11.3 Å². The van der Waals surface area contributed by atoms with E-state index in [1.165, 1.54) is 30.8 Å². The van der Waals surface area contributed by atoms with E-state index in [2.05, 4.69) is 39.2 Å². The average molecular weight is 420 g/mol. The number of anilines is 2. The molecule has 154 valence electrons. The van der Waals surface area contributed by atoms with Gasteiger partial charge in [-0.1, -0.05) is 0 Å². The quantitative estimate of drug-likeness (QED) is 0.430. The first-order valence-corrected chi connectivity index (χ1v) is 11.2. The first kappa shape index (κ1) is 19.1. The van der Waals surface area contributed by atoms with E-state index in [0.717, 1.165) is 46.2 Å². The van der Waals surface area contributed by atoms with Crippen molar-refractivity contribution in [2.45, 2.75) is 19.8 Å². The minimum absolute atomic E-state index is 0.578. The summed E-state index contributed by atoms with van der Waals surface area (Å²) >= 11 is 1.74. The van der Waals surface area contributed by atoms with Gasteiger partial charge in [-0.3, -0.25) is 4.90 Å². The number of aryl methyl sites for hydroxylation is 1. The molecule has 6 nitrogen and oxygen atoms in total. The van der Waals surface area contributed by atoms with Crippen molar-refractivity contribution in [2.75, 3.05) is 31.6 Å². The second-order valence-electron chi connectivity index (χ2n) is 7.59. The largest absolute Gasteiger partial charge is 0.492 e. The molecule has 0 amide bonds. The predicted molar refractivity (Wildman–Crippen MR) is 123 cm³/mol. The van der Waals surface area contributed by atoms with E-state index in [9.17, 15) is 0 Å². The van der Waals surface area contributed by atoms with Crippen LogP contribution in [-0.2, 0) is 0 Å². The molecule has 4 aromatic rings. The zero-order valence-corrected chi connectivity index (χ0v) is 17.8. The van der Waals surface area contributed by atoms with Crippen LogP contribution in [0.1, 0.15) is 17.7 Å². The summed E-state index contributed by atoms with van der Waals surface area (Å²) in [5.41, 5.74) is 2.71. The number of aromatic nitrogens is 3. The lowest BCUT2D eigenvalue weighted by atomic mass is 10.2. The molecule has 1 aliphatic heterocycles. The number of H-pyrrole nitrogens is 1. The van der Waals surface area contributed by atoms with Crippen LogP contribution in [0.3, 0.4) is 0 Å². The maximum absolute atomic E-state index is 5.90. The van der Waals surface area contributed by atoms with Crippen molar-refractivity contribution in [1.82, 2.24) is 19.9 Å². The summed E-state index contributed by atoms with van der Waals surface area (Å²) in [6.07, 6.45) is 4.52. The monoisotopic (exact) mass is 419 g/mol. The van der Waals surface area contributed by atoms with Crippen LogP contribution in [0.2, 0.25) is 0 Å². The molecule has 3 aromatic heterocycles. The molecule has 0 unspecified atom stereocenters. The van der Waals surface area contributed by atoms with Crippen molar-refractivity contribution in [3.05, 3.63) is 53.5 Å². The van der Waals surface area contributed by atoms with Crippen LogP contribution < -0.4 is 10.1 Å². The van der Waals surface area contributed by atoms with Gasteiger partial charge in [0, 0.05) is 28.7 Å². The smallest absolute Gasteiger partial charge is 0.229 e. The van der Waals surface area contributed by atoms with E-state index in [4.69, 9.17) is 9.72 Å². The number of hydrogen-bond acceptors (Lipinski definition) is 6. The summed E-state index contributed by atoms with van der Waals surface area (Å²) in [6, 6.07) is 14.2. The molecule has 7 heteroatoms. The van der Waals surface area contributed by atoms with Gasteiger partial charge in [0.05, 0.1) is 10.6 Å². The Morgan fingerprint density at radius 2 is 1.90 bits per heavy atom. The van der Waals surface area contributed by atoms with Crippen molar-refractivity contribution in [3.8, 4) is 16.3 Å². The third kappa shape index (κ3) is 4.17. The number of benzene rings is 1. The number of aromatic amines is 1. The highest BCUT2D eigenvalue weighted by Gasteiger charge is 2.13. The van der Waals surface area contributed by atoms with Crippen molar-refractivity contribution < 1.29 is 4.74 Å². The Labute approximate surface area is 179 Å².